The van der Waals surface area contributed by atoms with Gasteiger partial charge in [0.05, 0.1) is 4.92 Å². The van der Waals surface area contributed by atoms with E-state index in [1.54, 1.807) is 6.92 Å². The Morgan fingerprint density at radius 2 is 2.31 bits per heavy atom. The third-order valence-corrected chi connectivity index (χ3v) is 1.92. The van der Waals surface area contributed by atoms with Crippen molar-refractivity contribution in [3.05, 3.63) is 27.9 Å². The smallest absolute Gasteiger partial charge is 0.325 e. The van der Waals surface area contributed by atoms with Gasteiger partial charge < -0.3 is 10.4 Å². The maximum absolute atomic E-state index is 10.7. The molecule has 1 aromatic heterocycles. The molecule has 86 valence electrons. The van der Waals surface area contributed by atoms with Gasteiger partial charge in [-0.15, -0.1) is 0 Å². The molecule has 1 atom stereocenters. The molecule has 7 heteroatoms. The van der Waals surface area contributed by atoms with E-state index in [1.165, 1.54) is 19.2 Å². The number of carbonyl (C=O) groups is 1. The molecule has 0 spiro atoms. The fraction of sp³-hybridized carbons (Fsp3) is 0.333. The van der Waals surface area contributed by atoms with Crippen LogP contribution in [0.15, 0.2) is 12.3 Å². The number of carboxylic acid groups (broad SMARTS) is 1. The van der Waals surface area contributed by atoms with Crippen LogP contribution in [0.1, 0.15) is 12.5 Å². The van der Waals surface area contributed by atoms with Crippen LogP contribution in [-0.4, -0.2) is 27.0 Å². The molecule has 2 N–H and O–H groups in total. The molecule has 0 aliphatic carbocycles. The molecule has 0 aromatic carbocycles. The van der Waals surface area contributed by atoms with Crippen molar-refractivity contribution in [1.82, 2.24) is 4.98 Å². The Kier molecular flexibility index (Phi) is 3.39. The third kappa shape index (κ3) is 2.66. The maximum atomic E-state index is 10.7. The summed E-state index contributed by atoms with van der Waals surface area (Å²) < 4.78 is 0. The average Bonchev–Trinajstić information content (AvgIpc) is 2.20. The summed E-state index contributed by atoms with van der Waals surface area (Å²) >= 11 is 0. The van der Waals surface area contributed by atoms with E-state index in [-0.39, 0.29) is 11.5 Å². The molecule has 0 saturated heterocycles. The Morgan fingerprint density at radius 3 is 2.81 bits per heavy atom. The molecule has 0 aliphatic rings. The number of anilines is 1. The van der Waals surface area contributed by atoms with Gasteiger partial charge in [-0.2, -0.15) is 0 Å². The molecule has 0 bridgehead atoms. The second kappa shape index (κ2) is 4.56. The van der Waals surface area contributed by atoms with Gasteiger partial charge in [0.2, 0.25) is 5.82 Å². The SMILES string of the molecule is Cc1cnc(N[C@@H](C)C(=O)O)c([N+](=O)[O-])c1. The summed E-state index contributed by atoms with van der Waals surface area (Å²) in [5.41, 5.74) is 0.410. The molecule has 0 aliphatic heterocycles. The summed E-state index contributed by atoms with van der Waals surface area (Å²) in [5.74, 6) is -1.14. The highest BCUT2D eigenvalue weighted by molar-refractivity contribution is 5.77. The third-order valence-electron chi connectivity index (χ3n) is 1.92. The first-order valence-electron chi connectivity index (χ1n) is 4.52. The number of carboxylic acids is 1. The summed E-state index contributed by atoms with van der Waals surface area (Å²) in [4.78, 5) is 24.5. The van der Waals surface area contributed by atoms with Gasteiger partial charge in [-0.25, -0.2) is 4.98 Å². The molecular weight excluding hydrogens is 214 g/mol. The number of pyridine rings is 1. The number of nitro groups is 1. The monoisotopic (exact) mass is 225 g/mol. The summed E-state index contributed by atoms with van der Waals surface area (Å²) in [6.45, 7) is 3.05. The number of aliphatic carboxylic acids is 1. The van der Waals surface area contributed by atoms with Crippen molar-refractivity contribution in [2.45, 2.75) is 19.9 Å². The average molecular weight is 225 g/mol. The van der Waals surface area contributed by atoms with Gasteiger partial charge in [0.1, 0.15) is 6.04 Å². The molecule has 16 heavy (non-hydrogen) atoms. The summed E-state index contributed by atoms with van der Waals surface area (Å²) in [5, 5.41) is 21.8. The van der Waals surface area contributed by atoms with Crippen LogP contribution >= 0.6 is 0 Å². The molecule has 0 radical (unpaired) electrons. The lowest BCUT2D eigenvalue weighted by molar-refractivity contribution is -0.384. The minimum atomic E-state index is -1.10. The summed E-state index contributed by atoms with van der Waals surface area (Å²) in [6, 6.07) is 0.401. The fourth-order valence-electron chi connectivity index (χ4n) is 1.07. The van der Waals surface area contributed by atoms with E-state index in [4.69, 9.17) is 5.11 Å². The molecule has 0 saturated carbocycles. The highest BCUT2D eigenvalue weighted by atomic mass is 16.6. The lowest BCUT2D eigenvalue weighted by Gasteiger charge is -2.09. The normalized spacial score (nSPS) is 11.9. The first-order chi connectivity index (χ1) is 7.41. The quantitative estimate of drug-likeness (QED) is 0.588. The Balaban J connectivity index is 3.04. The first kappa shape index (κ1) is 11.9. The fourth-order valence-corrected chi connectivity index (χ4v) is 1.07. The van der Waals surface area contributed by atoms with Gasteiger partial charge in [0.15, 0.2) is 0 Å². The zero-order valence-electron chi connectivity index (χ0n) is 8.80. The summed E-state index contributed by atoms with van der Waals surface area (Å²) in [6.07, 6.45) is 1.43. The highest BCUT2D eigenvalue weighted by Gasteiger charge is 2.19. The van der Waals surface area contributed by atoms with E-state index in [0.717, 1.165) is 0 Å². The minimum absolute atomic E-state index is 0.0366. The van der Waals surface area contributed by atoms with E-state index >= 15 is 0 Å². The van der Waals surface area contributed by atoms with Crippen LogP contribution in [0.25, 0.3) is 0 Å². The number of aryl methyl sites for hydroxylation is 1. The van der Waals surface area contributed by atoms with Gasteiger partial charge in [0.25, 0.3) is 0 Å². The van der Waals surface area contributed by atoms with Crippen LogP contribution in [0.5, 0.6) is 0 Å². The molecule has 1 aromatic rings. The number of nitrogens with zero attached hydrogens (tertiary/aromatic N) is 2. The minimum Gasteiger partial charge on any atom is -0.480 e. The van der Waals surface area contributed by atoms with Crippen LogP contribution < -0.4 is 5.32 Å². The Morgan fingerprint density at radius 1 is 1.69 bits per heavy atom. The molecule has 7 nitrogen and oxygen atoms in total. The van der Waals surface area contributed by atoms with Crippen molar-refractivity contribution in [3.63, 3.8) is 0 Å². The predicted octanol–water partition coefficient (Wildman–Crippen LogP) is 1.18. The number of nitrogens with one attached hydrogen (secondary N) is 1. The second-order valence-electron chi connectivity index (χ2n) is 3.34. The molecule has 0 amide bonds. The molecule has 1 rings (SSSR count). The van der Waals surface area contributed by atoms with Gasteiger partial charge in [-0.05, 0) is 19.4 Å². The van der Waals surface area contributed by atoms with E-state index < -0.39 is 16.9 Å². The van der Waals surface area contributed by atoms with E-state index in [1.807, 2.05) is 0 Å². The zero-order valence-corrected chi connectivity index (χ0v) is 8.80. The van der Waals surface area contributed by atoms with Crippen molar-refractivity contribution in [2.75, 3.05) is 5.32 Å². The second-order valence-corrected chi connectivity index (χ2v) is 3.34. The van der Waals surface area contributed by atoms with Crippen LogP contribution in [-0.2, 0) is 4.79 Å². The van der Waals surface area contributed by atoms with Crippen LogP contribution in [0.4, 0.5) is 11.5 Å². The van der Waals surface area contributed by atoms with Crippen molar-refractivity contribution >= 4 is 17.5 Å². The molecular formula is C9H11N3O4. The standard InChI is InChI=1S/C9H11N3O4/c1-5-3-7(12(15)16)8(10-4-5)11-6(2)9(13)14/h3-4,6H,1-2H3,(H,10,11)(H,13,14)/t6-/m0/s1. The Hall–Kier alpha value is -2.18. The zero-order chi connectivity index (χ0) is 12.3. The van der Waals surface area contributed by atoms with Crippen LogP contribution in [0, 0.1) is 17.0 Å². The number of aromatic nitrogens is 1. The Labute approximate surface area is 91.3 Å². The van der Waals surface area contributed by atoms with E-state index in [9.17, 15) is 14.9 Å². The Bertz CT molecular complexity index is 433. The molecule has 0 unspecified atom stereocenters. The first-order valence-corrected chi connectivity index (χ1v) is 4.52. The van der Waals surface area contributed by atoms with Crippen LogP contribution in [0.3, 0.4) is 0 Å². The number of rotatable bonds is 4. The lowest BCUT2D eigenvalue weighted by atomic mass is 10.2. The van der Waals surface area contributed by atoms with Crippen molar-refractivity contribution in [3.8, 4) is 0 Å². The van der Waals surface area contributed by atoms with Crippen molar-refractivity contribution < 1.29 is 14.8 Å². The molecule has 0 fully saturated rings. The van der Waals surface area contributed by atoms with Crippen LogP contribution in [0.2, 0.25) is 0 Å². The van der Waals surface area contributed by atoms with Gasteiger partial charge in [0, 0.05) is 12.3 Å². The van der Waals surface area contributed by atoms with Gasteiger partial charge in [-0.1, -0.05) is 0 Å². The van der Waals surface area contributed by atoms with Gasteiger partial charge >= 0.3 is 11.7 Å². The maximum Gasteiger partial charge on any atom is 0.325 e. The number of hydrogen-bond acceptors (Lipinski definition) is 5. The lowest BCUT2D eigenvalue weighted by Crippen LogP contribution is -2.26. The molecule has 1 heterocycles. The number of hydrogen-bond donors (Lipinski definition) is 2. The predicted molar refractivity (Wildman–Crippen MR) is 56.3 cm³/mol. The largest absolute Gasteiger partial charge is 0.480 e. The topological polar surface area (TPSA) is 105 Å². The van der Waals surface area contributed by atoms with E-state index in [2.05, 4.69) is 10.3 Å². The van der Waals surface area contributed by atoms with Crippen molar-refractivity contribution in [1.29, 1.82) is 0 Å². The van der Waals surface area contributed by atoms with Crippen molar-refractivity contribution in [2.24, 2.45) is 0 Å². The van der Waals surface area contributed by atoms with E-state index in [0.29, 0.717) is 5.56 Å². The summed E-state index contributed by atoms with van der Waals surface area (Å²) in [7, 11) is 0. The van der Waals surface area contributed by atoms with Gasteiger partial charge in [-0.3, -0.25) is 14.9 Å². The highest BCUT2D eigenvalue weighted by Crippen LogP contribution is 2.22.